The number of methoxy groups -OCH3 is 1. The molecule has 0 bridgehead atoms. The van der Waals surface area contributed by atoms with Gasteiger partial charge in [0.25, 0.3) is 5.91 Å². The number of piperazine rings is 1. The number of carbonyl (C=O) groups is 1. The lowest BCUT2D eigenvalue weighted by Gasteiger charge is -2.34. The second-order valence-corrected chi connectivity index (χ2v) is 8.79. The fourth-order valence-electron chi connectivity index (χ4n) is 3.06. The summed E-state index contributed by atoms with van der Waals surface area (Å²) in [5, 5.41) is 2.59. The Kier molecular flexibility index (Phi) is 7.47. The number of benzene rings is 1. The Hall–Kier alpha value is -2.85. The molecule has 2 heterocycles. The van der Waals surface area contributed by atoms with Crippen molar-refractivity contribution < 1.29 is 22.7 Å². The summed E-state index contributed by atoms with van der Waals surface area (Å²) in [5.41, 5.74) is 0. The highest BCUT2D eigenvalue weighted by atomic mass is 32.2. The number of anilines is 1. The van der Waals surface area contributed by atoms with E-state index in [9.17, 15) is 13.2 Å². The molecule has 10 heteroatoms. The molecule has 0 aliphatic carbocycles. The molecule has 1 aliphatic rings. The smallest absolute Gasteiger partial charge is 0.257 e. The molecule has 2 aromatic rings. The van der Waals surface area contributed by atoms with Gasteiger partial charge >= 0.3 is 0 Å². The minimum absolute atomic E-state index is 0.0353. The van der Waals surface area contributed by atoms with Crippen molar-refractivity contribution in [2.24, 2.45) is 0 Å². The molecule has 30 heavy (non-hydrogen) atoms. The quantitative estimate of drug-likeness (QED) is 0.621. The topological polar surface area (TPSA) is 101 Å². The first kappa shape index (κ1) is 21.8. The van der Waals surface area contributed by atoms with E-state index in [2.05, 4.69) is 15.2 Å². The number of nitrogens with zero attached hydrogens (tertiary/aromatic N) is 3. The molecule has 1 N–H and O–H groups in total. The van der Waals surface area contributed by atoms with Crippen molar-refractivity contribution in [1.82, 2.24) is 14.6 Å². The van der Waals surface area contributed by atoms with E-state index in [-0.39, 0.29) is 24.8 Å². The van der Waals surface area contributed by atoms with Crippen LogP contribution in [-0.4, -0.2) is 75.8 Å². The van der Waals surface area contributed by atoms with Gasteiger partial charge in [-0.15, -0.1) is 0 Å². The molecule has 1 fully saturated rings. The maximum atomic E-state index is 12.5. The Morgan fingerprint density at radius 2 is 1.77 bits per heavy atom. The molecule has 1 aliphatic heterocycles. The highest BCUT2D eigenvalue weighted by Crippen LogP contribution is 2.17. The molecular formula is C20H26N4O5S. The van der Waals surface area contributed by atoms with Crippen LogP contribution in [0.25, 0.3) is 0 Å². The Morgan fingerprint density at radius 3 is 2.40 bits per heavy atom. The first-order chi connectivity index (χ1) is 14.5. The van der Waals surface area contributed by atoms with Gasteiger partial charge in [-0.3, -0.25) is 4.79 Å². The standard InChI is InChI=1S/C20H26N4O5S/c1-28-17-5-7-18(8-6-17)29-16-20(25)22-10-15-30(26,27)24-13-11-23(12-14-24)19-4-2-3-9-21-19/h2-9H,10-16H2,1H3,(H,22,25). The Bertz CT molecular complexity index is 914. The van der Waals surface area contributed by atoms with Crippen molar-refractivity contribution >= 4 is 21.7 Å². The highest BCUT2D eigenvalue weighted by molar-refractivity contribution is 7.89. The molecule has 1 amide bonds. The summed E-state index contributed by atoms with van der Waals surface area (Å²) in [6.45, 7) is 1.81. The predicted octanol–water partition coefficient (Wildman–Crippen LogP) is 0.737. The largest absolute Gasteiger partial charge is 0.497 e. The minimum Gasteiger partial charge on any atom is -0.497 e. The molecule has 162 valence electrons. The van der Waals surface area contributed by atoms with Crippen molar-refractivity contribution in [2.45, 2.75) is 0 Å². The predicted molar refractivity (Wildman–Crippen MR) is 113 cm³/mol. The Labute approximate surface area is 176 Å². The van der Waals surface area contributed by atoms with Gasteiger partial charge in [0.2, 0.25) is 10.0 Å². The molecule has 0 spiro atoms. The van der Waals surface area contributed by atoms with Gasteiger partial charge in [0, 0.05) is 38.9 Å². The maximum absolute atomic E-state index is 12.5. The van der Waals surface area contributed by atoms with Crippen molar-refractivity contribution in [1.29, 1.82) is 0 Å². The van der Waals surface area contributed by atoms with Gasteiger partial charge in [0.15, 0.2) is 6.61 Å². The number of pyridine rings is 1. The molecule has 0 atom stereocenters. The number of aromatic nitrogens is 1. The summed E-state index contributed by atoms with van der Waals surface area (Å²) in [6.07, 6.45) is 1.72. The van der Waals surface area contributed by atoms with Crippen LogP contribution in [0, 0.1) is 0 Å². The number of rotatable bonds is 9. The first-order valence-corrected chi connectivity index (χ1v) is 11.3. The average Bonchev–Trinajstić information content (AvgIpc) is 2.78. The summed E-state index contributed by atoms with van der Waals surface area (Å²) in [7, 11) is -1.88. The van der Waals surface area contributed by atoms with Gasteiger partial charge in [-0.2, -0.15) is 4.31 Å². The lowest BCUT2D eigenvalue weighted by Crippen LogP contribution is -2.50. The lowest BCUT2D eigenvalue weighted by atomic mass is 10.3. The van der Waals surface area contributed by atoms with Crippen molar-refractivity contribution in [3.63, 3.8) is 0 Å². The third-order valence-corrected chi connectivity index (χ3v) is 6.59. The zero-order valence-electron chi connectivity index (χ0n) is 16.9. The van der Waals surface area contributed by atoms with Crippen LogP contribution in [0.15, 0.2) is 48.7 Å². The normalized spacial score (nSPS) is 14.9. The SMILES string of the molecule is COc1ccc(OCC(=O)NCCS(=O)(=O)N2CCN(c3ccccn3)CC2)cc1. The summed E-state index contributed by atoms with van der Waals surface area (Å²) in [4.78, 5) is 18.3. The van der Waals surface area contributed by atoms with Crippen LogP contribution in [0.4, 0.5) is 5.82 Å². The monoisotopic (exact) mass is 434 g/mol. The number of sulfonamides is 1. The number of carbonyl (C=O) groups excluding carboxylic acids is 1. The van der Waals surface area contributed by atoms with Crippen LogP contribution in [0.1, 0.15) is 0 Å². The van der Waals surface area contributed by atoms with E-state index in [0.29, 0.717) is 37.7 Å². The fraction of sp³-hybridized carbons (Fsp3) is 0.400. The van der Waals surface area contributed by atoms with E-state index in [0.717, 1.165) is 5.82 Å². The summed E-state index contributed by atoms with van der Waals surface area (Å²) in [6, 6.07) is 12.5. The minimum atomic E-state index is -3.44. The van der Waals surface area contributed by atoms with Crippen LogP contribution in [0.5, 0.6) is 11.5 Å². The Balaban J connectivity index is 1.38. The summed E-state index contributed by atoms with van der Waals surface area (Å²) >= 11 is 0. The third-order valence-electron chi connectivity index (χ3n) is 4.72. The Morgan fingerprint density at radius 1 is 1.07 bits per heavy atom. The molecular weight excluding hydrogens is 408 g/mol. The van der Waals surface area contributed by atoms with Crippen LogP contribution < -0.4 is 19.7 Å². The van der Waals surface area contributed by atoms with Crippen LogP contribution in [0.2, 0.25) is 0 Å². The zero-order chi connectivity index (χ0) is 21.4. The van der Waals surface area contributed by atoms with Gasteiger partial charge in [-0.05, 0) is 36.4 Å². The van der Waals surface area contributed by atoms with Gasteiger partial charge in [-0.25, -0.2) is 13.4 Å². The van der Waals surface area contributed by atoms with Crippen LogP contribution >= 0.6 is 0 Å². The van der Waals surface area contributed by atoms with Crippen LogP contribution in [-0.2, 0) is 14.8 Å². The third kappa shape index (κ3) is 6.07. The second-order valence-electron chi connectivity index (χ2n) is 6.70. The van der Waals surface area contributed by atoms with Crippen LogP contribution in [0.3, 0.4) is 0 Å². The van der Waals surface area contributed by atoms with E-state index >= 15 is 0 Å². The van der Waals surface area contributed by atoms with E-state index < -0.39 is 10.0 Å². The molecule has 0 saturated carbocycles. The van der Waals surface area contributed by atoms with Crippen molar-refractivity contribution in [2.75, 3.05) is 57.1 Å². The molecule has 1 saturated heterocycles. The van der Waals surface area contributed by atoms with Gasteiger partial charge in [-0.1, -0.05) is 6.07 Å². The average molecular weight is 435 g/mol. The number of ether oxygens (including phenoxy) is 2. The zero-order valence-corrected chi connectivity index (χ0v) is 17.7. The first-order valence-electron chi connectivity index (χ1n) is 9.65. The van der Waals surface area contributed by atoms with E-state index in [1.807, 2.05) is 18.2 Å². The molecule has 9 nitrogen and oxygen atoms in total. The summed E-state index contributed by atoms with van der Waals surface area (Å²) < 4.78 is 37.0. The molecule has 0 unspecified atom stereocenters. The molecule has 0 radical (unpaired) electrons. The number of nitrogens with one attached hydrogen (secondary N) is 1. The van der Waals surface area contributed by atoms with Gasteiger partial charge in [0.1, 0.15) is 17.3 Å². The van der Waals surface area contributed by atoms with Crippen molar-refractivity contribution in [3.8, 4) is 11.5 Å². The molecule has 3 rings (SSSR count). The van der Waals surface area contributed by atoms with Crippen molar-refractivity contribution in [3.05, 3.63) is 48.7 Å². The van der Waals surface area contributed by atoms with E-state index in [4.69, 9.17) is 9.47 Å². The molecule has 1 aromatic heterocycles. The maximum Gasteiger partial charge on any atom is 0.257 e. The lowest BCUT2D eigenvalue weighted by molar-refractivity contribution is -0.122. The molecule has 1 aromatic carbocycles. The summed E-state index contributed by atoms with van der Waals surface area (Å²) in [5.74, 6) is 1.55. The van der Waals surface area contributed by atoms with E-state index in [1.54, 1.807) is 37.6 Å². The van der Waals surface area contributed by atoms with Gasteiger partial charge < -0.3 is 19.7 Å². The van der Waals surface area contributed by atoms with Gasteiger partial charge in [0.05, 0.1) is 12.9 Å². The van der Waals surface area contributed by atoms with E-state index in [1.165, 1.54) is 4.31 Å². The number of hydrogen-bond donors (Lipinski definition) is 1. The fourth-order valence-corrected chi connectivity index (χ4v) is 4.39. The second kappa shape index (κ2) is 10.3. The number of hydrogen-bond acceptors (Lipinski definition) is 7. The number of amides is 1. The highest BCUT2D eigenvalue weighted by Gasteiger charge is 2.27.